The van der Waals surface area contributed by atoms with Crippen molar-refractivity contribution in [1.29, 1.82) is 0 Å². The lowest BCUT2D eigenvalue weighted by Gasteiger charge is -2.07. The number of benzene rings is 1. The summed E-state index contributed by atoms with van der Waals surface area (Å²) in [6, 6.07) is 11.3. The molecule has 0 saturated carbocycles. The second-order valence-corrected chi connectivity index (χ2v) is 5.55. The highest BCUT2D eigenvalue weighted by atomic mass is 35.5. The van der Waals surface area contributed by atoms with E-state index in [0.717, 1.165) is 35.0 Å². The SMILES string of the molecule is Clc1ccc(Cl)c(CNCCc2nnc3ccccn23)c1. The highest BCUT2D eigenvalue weighted by molar-refractivity contribution is 6.33. The summed E-state index contributed by atoms with van der Waals surface area (Å²) in [6.07, 6.45) is 2.77. The predicted octanol–water partition coefficient (Wildman–Crippen LogP) is 3.37. The Morgan fingerprint density at radius 1 is 1.10 bits per heavy atom. The number of nitrogens with zero attached hydrogens (tertiary/aromatic N) is 3. The van der Waals surface area contributed by atoms with Gasteiger partial charge in [0.1, 0.15) is 5.82 Å². The molecule has 2 heterocycles. The lowest BCUT2D eigenvalue weighted by molar-refractivity contribution is 0.667. The van der Waals surface area contributed by atoms with Gasteiger partial charge < -0.3 is 5.32 Å². The molecule has 0 unspecified atom stereocenters. The highest BCUT2D eigenvalue weighted by Gasteiger charge is 2.05. The molecule has 2 aromatic heterocycles. The number of fused-ring (bicyclic) bond motifs is 1. The second-order valence-electron chi connectivity index (χ2n) is 4.71. The van der Waals surface area contributed by atoms with Gasteiger partial charge in [0.15, 0.2) is 5.65 Å². The van der Waals surface area contributed by atoms with Crippen LogP contribution in [-0.2, 0) is 13.0 Å². The minimum atomic E-state index is 0.677. The van der Waals surface area contributed by atoms with Gasteiger partial charge in [-0.05, 0) is 35.9 Å². The van der Waals surface area contributed by atoms with Crippen LogP contribution in [0.5, 0.6) is 0 Å². The number of pyridine rings is 1. The van der Waals surface area contributed by atoms with Gasteiger partial charge in [0.25, 0.3) is 0 Å². The van der Waals surface area contributed by atoms with Crippen molar-refractivity contribution in [3.05, 3.63) is 64.0 Å². The molecular weight excluding hydrogens is 307 g/mol. The molecule has 0 aliphatic rings. The van der Waals surface area contributed by atoms with Crippen LogP contribution in [0, 0.1) is 0 Å². The van der Waals surface area contributed by atoms with Gasteiger partial charge in [0.05, 0.1) is 0 Å². The normalized spacial score (nSPS) is 11.1. The molecule has 4 nitrogen and oxygen atoms in total. The van der Waals surface area contributed by atoms with Gasteiger partial charge in [-0.15, -0.1) is 10.2 Å². The van der Waals surface area contributed by atoms with Crippen molar-refractivity contribution in [2.24, 2.45) is 0 Å². The smallest absolute Gasteiger partial charge is 0.160 e. The Bertz CT molecular complexity index is 754. The highest BCUT2D eigenvalue weighted by Crippen LogP contribution is 2.20. The van der Waals surface area contributed by atoms with Crippen molar-refractivity contribution >= 4 is 28.8 Å². The Labute approximate surface area is 132 Å². The van der Waals surface area contributed by atoms with Gasteiger partial charge in [-0.1, -0.05) is 29.3 Å². The summed E-state index contributed by atoms with van der Waals surface area (Å²) >= 11 is 12.1. The van der Waals surface area contributed by atoms with Crippen LogP contribution in [0.25, 0.3) is 5.65 Å². The van der Waals surface area contributed by atoms with E-state index in [1.165, 1.54) is 0 Å². The standard InChI is InChI=1S/C15H14Cl2N4/c16-12-4-5-13(17)11(9-12)10-18-7-6-15-20-19-14-3-1-2-8-21(14)15/h1-5,8-9,18H,6-7,10H2. The van der Waals surface area contributed by atoms with Gasteiger partial charge in [-0.25, -0.2) is 0 Å². The minimum Gasteiger partial charge on any atom is -0.312 e. The summed E-state index contributed by atoms with van der Waals surface area (Å²) in [7, 11) is 0. The molecule has 0 aliphatic heterocycles. The van der Waals surface area contributed by atoms with E-state index in [0.29, 0.717) is 11.6 Å². The maximum atomic E-state index is 6.13. The zero-order chi connectivity index (χ0) is 14.7. The second kappa shape index (κ2) is 6.43. The summed E-state index contributed by atoms with van der Waals surface area (Å²) in [5, 5.41) is 13.1. The number of hydrogen-bond donors (Lipinski definition) is 1. The van der Waals surface area contributed by atoms with Crippen molar-refractivity contribution in [1.82, 2.24) is 19.9 Å². The van der Waals surface area contributed by atoms with Crippen LogP contribution < -0.4 is 5.32 Å². The Hall–Kier alpha value is -1.62. The molecular formula is C15H14Cl2N4. The monoisotopic (exact) mass is 320 g/mol. The Balaban J connectivity index is 1.58. The lowest BCUT2D eigenvalue weighted by Crippen LogP contribution is -2.18. The fraction of sp³-hybridized carbons (Fsp3) is 0.200. The molecule has 0 aliphatic carbocycles. The molecule has 0 fully saturated rings. The van der Waals surface area contributed by atoms with Crippen molar-refractivity contribution in [3.8, 4) is 0 Å². The van der Waals surface area contributed by atoms with E-state index in [9.17, 15) is 0 Å². The molecule has 3 rings (SSSR count). The summed E-state index contributed by atoms with van der Waals surface area (Å²) in [4.78, 5) is 0. The zero-order valence-electron chi connectivity index (χ0n) is 11.3. The van der Waals surface area contributed by atoms with Gasteiger partial charge in [-0.3, -0.25) is 4.40 Å². The molecule has 0 spiro atoms. The zero-order valence-corrected chi connectivity index (χ0v) is 12.8. The van der Waals surface area contributed by atoms with Crippen molar-refractivity contribution in [2.45, 2.75) is 13.0 Å². The van der Waals surface area contributed by atoms with Crippen molar-refractivity contribution < 1.29 is 0 Å². The third-order valence-electron chi connectivity index (χ3n) is 3.23. The minimum absolute atomic E-state index is 0.677. The predicted molar refractivity (Wildman–Crippen MR) is 84.9 cm³/mol. The van der Waals surface area contributed by atoms with Crippen LogP contribution >= 0.6 is 23.2 Å². The van der Waals surface area contributed by atoms with Gasteiger partial charge >= 0.3 is 0 Å². The quantitative estimate of drug-likeness (QED) is 0.733. The number of rotatable bonds is 5. The van der Waals surface area contributed by atoms with Gasteiger partial charge in [0, 0.05) is 35.8 Å². The van der Waals surface area contributed by atoms with Gasteiger partial charge in [0.2, 0.25) is 0 Å². The van der Waals surface area contributed by atoms with Crippen LogP contribution in [0.4, 0.5) is 0 Å². The average Bonchev–Trinajstić information content (AvgIpc) is 2.90. The molecule has 6 heteroatoms. The van der Waals surface area contributed by atoms with E-state index < -0.39 is 0 Å². The van der Waals surface area contributed by atoms with Crippen LogP contribution in [-0.4, -0.2) is 21.1 Å². The topological polar surface area (TPSA) is 42.2 Å². The van der Waals surface area contributed by atoms with E-state index in [1.54, 1.807) is 6.07 Å². The largest absolute Gasteiger partial charge is 0.312 e. The Morgan fingerprint density at radius 2 is 2.00 bits per heavy atom. The number of nitrogens with one attached hydrogen (secondary N) is 1. The van der Waals surface area contributed by atoms with E-state index in [2.05, 4.69) is 15.5 Å². The summed E-state index contributed by atoms with van der Waals surface area (Å²) in [5.74, 6) is 0.940. The number of halogens is 2. The molecule has 0 saturated heterocycles. The Morgan fingerprint density at radius 3 is 2.90 bits per heavy atom. The number of aromatic nitrogens is 3. The van der Waals surface area contributed by atoms with E-state index in [-0.39, 0.29) is 0 Å². The number of hydrogen-bond acceptors (Lipinski definition) is 3. The van der Waals surface area contributed by atoms with Crippen LogP contribution in [0.1, 0.15) is 11.4 Å². The van der Waals surface area contributed by atoms with Crippen LogP contribution in [0.2, 0.25) is 10.0 Å². The van der Waals surface area contributed by atoms with Crippen molar-refractivity contribution in [3.63, 3.8) is 0 Å². The molecule has 0 radical (unpaired) electrons. The molecule has 108 valence electrons. The van der Waals surface area contributed by atoms with Crippen LogP contribution in [0.3, 0.4) is 0 Å². The first-order chi connectivity index (χ1) is 10.2. The first kappa shape index (κ1) is 14.3. The van der Waals surface area contributed by atoms with E-state index in [1.807, 2.05) is 40.9 Å². The maximum Gasteiger partial charge on any atom is 0.160 e. The average molecular weight is 321 g/mol. The first-order valence-electron chi connectivity index (χ1n) is 6.67. The molecule has 0 atom stereocenters. The van der Waals surface area contributed by atoms with Gasteiger partial charge in [-0.2, -0.15) is 0 Å². The molecule has 1 aromatic carbocycles. The summed E-state index contributed by atoms with van der Waals surface area (Å²) in [5.41, 5.74) is 1.86. The van der Waals surface area contributed by atoms with E-state index >= 15 is 0 Å². The molecule has 3 aromatic rings. The first-order valence-corrected chi connectivity index (χ1v) is 7.43. The summed E-state index contributed by atoms with van der Waals surface area (Å²) < 4.78 is 1.99. The maximum absolute atomic E-state index is 6.13. The molecule has 0 amide bonds. The fourth-order valence-electron chi connectivity index (χ4n) is 2.16. The third kappa shape index (κ3) is 3.35. The Kier molecular flexibility index (Phi) is 4.39. The lowest BCUT2D eigenvalue weighted by atomic mass is 10.2. The molecule has 1 N–H and O–H groups in total. The summed E-state index contributed by atoms with van der Waals surface area (Å²) in [6.45, 7) is 1.47. The van der Waals surface area contributed by atoms with Crippen molar-refractivity contribution in [2.75, 3.05) is 6.54 Å². The fourth-order valence-corrected chi connectivity index (χ4v) is 2.54. The third-order valence-corrected chi connectivity index (χ3v) is 3.84. The van der Waals surface area contributed by atoms with Crippen LogP contribution in [0.15, 0.2) is 42.6 Å². The molecule has 0 bridgehead atoms. The van der Waals surface area contributed by atoms with E-state index in [4.69, 9.17) is 23.2 Å². The molecule has 21 heavy (non-hydrogen) atoms.